The number of aliphatic imine (C=N–C) groups is 1. The van der Waals surface area contributed by atoms with E-state index in [0.717, 1.165) is 19.4 Å². The lowest BCUT2D eigenvalue weighted by atomic mass is 10.2. The summed E-state index contributed by atoms with van der Waals surface area (Å²) >= 11 is 0. The molecule has 4 N–H and O–H groups in total. The Morgan fingerprint density at radius 3 is 2.65 bits per heavy atom. The third-order valence-corrected chi connectivity index (χ3v) is 3.09. The van der Waals surface area contributed by atoms with Gasteiger partial charge in [0.15, 0.2) is 5.96 Å². The minimum absolute atomic E-state index is 0.132. The molecule has 0 heterocycles. The van der Waals surface area contributed by atoms with Crippen molar-refractivity contribution in [3.05, 3.63) is 12.2 Å². The zero-order valence-corrected chi connectivity index (χ0v) is 10.8. The molecular weight excluding hydrogens is 240 g/mol. The van der Waals surface area contributed by atoms with Crippen LogP contribution in [-0.2, 0) is 10.0 Å². The van der Waals surface area contributed by atoms with Crippen LogP contribution in [0.25, 0.3) is 0 Å². The van der Waals surface area contributed by atoms with Crippen molar-refractivity contribution in [2.24, 2.45) is 10.1 Å². The molecule has 0 unspecified atom stereocenters. The first-order chi connectivity index (χ1) is 8.01. The van der Waals surface area contributed by atoms with Gasteiger partial charge in [-0.1, -0.05) is 12.2 Å². The first-order valence-electron chi connectivity index (χ1n) is 5.71. The molecule has 7 heteroatoms. The van der Waals surface area contributed by atoms with Gasteiger partial charge in [0.25, 0.3) is 0 Å². The zero-order valence-electron chi connectivity index (χ0n) is 10.0. The number of rotatable bonds is 5. The SMILES string of the molecule is CCNC(=NCCS(N)(=O)=O)NC1CC=CC1. The van der Waals surface area contributed by atoms with Crippen molar-refractivity contribution >= 4 is 16.0 Å². The maximum atomic E-state index is 10.8. The Bertz CT molecular complexity index is 381. The van der Waals surface area contributed by atoms with Crippen molar-refractivity contribution < 1.29 is 8.42 Å². The van der Waals surface area contributed by atoms with Gasteiger partial charge in [-0.15, -0.1) is 0 Å². The summed E-state index contributed by atoms with van der Waals surface area (Å²) in [5.74, 6) is 0.511. The van der Waals surface area contributed by atoms with E-state index in [1.165, 1.54) is 0 Å². The van der Waals surface area contributed by atoms with Gasteiger partial charge in [0.2, 0.25) is 10.0 Å². The van der Waals surface area contributed by atoms with Crippen LogP contribution in [0.5, 0.6) is 0 Å². The Hall–Kier alpha value is -1.08. The van der Waals surface area contributed by atoms with Gasteiger partial charge in [0.1, 0.15) is 0 Å². The quantitative estimate of drug-likeness (QED) is 0.354. The van der Waals surface area contributed by atoms with Gasteiger partial charge in [0, 0.05) is 12.6 Å². The van der Waals surface area contributed by atoms with Crippen LogP contribution in [0.15, 0.2) is 17.1 Å². The first-order valence-corrected chi connectivity index (χ1v) is 7.43. The lowest BCUT2D eigenvalue weighted by Gasteiger charge is -2.16. The molecule has 0 aromatic carbocycles. The summed E-state index contributed by atoms with van der Waals surface area (Å²) in [7, 11) is -3.44. The second-order valence-electron chi connectivity index (χ2n) is 3.91. The van der Waals surface area contributed by atoms with Crippen molar-refractivity contribution in [2.45, 2.75) is 25.8 Å². The third-order valence-electron chi connectivity index (χ3n) is 2.34. The summed E-state index contributed by atoms with van der Waals surface area (Å²) in [6.07, 6.45) is 6.18. The number of nitrogens with two attached hydrogens (primary N) is 1. The summed E-state index contributed by atoms with van der Waals surface area (Å²) in [5.41, 5.74) is 0. The second-order valence-corrected chi connectivity index (χ2v) is 5.65. The fourth-order valence-corrected chi connectivity index (χ4v) is 1.88. The van der Waals surface area contributed by atoms with Gasteiger partial charge < -0.3 is 10.6 Å². The predicted octanol–water partition coefficient (Wildman–Crippen LogP) is -0.451. The highest BCUT2D eigenvalue weighted by molar-refractivity contribution is 7.89. The van der Waals surface area contributed by atoms with E-state index < -0.39 is 10.0 Å². The Morgan fingerprint density at radius 2 is 2.12 bits per heavy atom. The molecule has 1 aliphatic rings. The number of nitrogens with one attached hydrogen (secondary N) is 2. The van der Waals surface area contributed by atoms with Crippen molar-refractivity contribution in [3.63, 3.8) is 0 Å². The molecule has 0 aromatic rings. The topological polar surface area (TPSA) is 96.6 Å². The number of guanidine groups is 1. The Balaban J connectivity index is 2.43. The lowest BCUT2D eigenvalue weighted by Crippen LogP contribution is -2.42. The van der Waals surface area contributed by atoms with E-state index in [1.807, 2.05) is 6.92 Å². The standard InChI is InChI=1S/C10H20N4O2S/c1-2-12-10(13-7-8-17(11,15)16)14-9-5-3-4-6-9/h3-4,9H,2,5-8H2,1H3,(H2,11,15,16)(H2,12,13,14). The number of hydrogen-bond acceptors (Lipinski definition) is 3. The molecule has 6 nitrogen and oxygen atoms in total. The number of sulfonamides is 1. The molecule has 0 bridgehead atoms. The molecule has 0 fully saturated rings. The van der Waals surface area contributed by atoms with E-state index in [0.29, 0.717) is 12.0 Å². The third kappa shape index (κ3) is 6.28. The van der Waals surface area contributed by atoms with Gasteiger partial charge >= 0.3 is 0 Å². The molecule has 17 heavy (non-hydrogen) atoms. The fraction of sp³-hybridized carbons (Fsp3) is 0.700. The zero-order chi connectivity index (χ0) is 12.7. The minimum atomic E-state index is -3.44. The highest BCUT2D eigenvalue weighted by Gasteiger charge is 2.11. The van der Waals surface area contributed by atoms with E-state index >= 15 is 0 Å². The van der Waals surface area contributed by atoms with Gasteiger partial charge in [-0.05, 0) is 19.8 Å². The maximum Gasteiger partial charge on any atom is 0.210 e. The molecule has 98 valence electrons. The molecule has 0 saturated carbocycles. The molecule has 0 radical (unpaired) electrons. The summed E-state index contributed by atoms with van der Waals surface area (Å²) in [4.78, 5) is 4.17. The number of primary sulfonamides is 1. The number of nitrogens with zero attached hydrogens (tertiary/aromatic N) is 1. The Labute approximate surface area is 102 Å². The van der Waals surface area contributed by atoms with Crippen LogP contribution in [0.2, 0.25) is 0 Å². The fourth-order valence-electron chi connectivity index (χ4n) is 1.53. The van der Waals surface area contributed by atoms with Gasteiger partial charge in [0.05, 0.1) is 12.3 Å². The van der Waals surface area contributed by atoms with Crippen molar-refractivity contribution in [3.8, 4) is 0 Å². The van der Waals surface area contributed by atoms with Crippen molar-refractivity contribution in [2.75, 3.05) is 18.8 Å². The maximum absolute atomic E-state index is 10.8. The van der Waals surface area contributed by atoms with Crippen LogP contribution in [-0.4, -0.2) is 39.3 Å². The summed E-state index contributed by atoms with van der Waals surface area (Å²) in [5, 5.41) is 11.2. The van der Waals surface area contributed by atoms with Gasteiger partial charge in [-0.25, -0.2) is 13.6 Å². The predicted molar refractivity (Wildman–Crippen MR) is 69.3 cm³/mol. The highest BCUT2D eigenvalue weighted by Crippen LogP contribution is 2.08. The molecule has 0 atom stereocenters. The molecule has 0 saturated heterocycles. The largest absolute Gasteiger partial charge is 0.357 e. The van der Waals surface area contributed by atoms with E-state index in [2.05, 4.69) is 27.8 Å². The molecular formula is C10H20N4O2S. The summed E-state index contributed by atoms with van der Waals surface area (Å²) in [6.45, 7) is 2.87. The minimum Gasteiger partial charge on any atom is -0.357 e. The van der Waals surface area contributed by atoms with Crippen LogP contribution >= 0.6 is 0 Å². The van der Waals surface area contributed by atoms with Crippen LogP contribution in [0.1, 0.15) is 19.8 Å². The summed E-state index contributed by atoms with van der Waals surface area (Å²) < 4.78 is 21.5. The van der Waals surface area contributed by atoms with Crippen molar-refractivity contribution in [1.29, 1.82) is 0 Å². The van der Waals surface area contributed by atoms with Crippen LogP contribution in [0.4, 0.5) is 0 Å². The molecule has 1 rings (SSSR count). The van der Waals surface area contributed by atoms with E-state index in [4.69, 9.17) is 5.14 Å². The molecule has 0 aromatic heterocycles. The van der Waals surface area contributed by atoms with E-state index in [1.54, 1.807) is 0 Å². The van der Waals surface area contributed by atoms with Crippen molar-refractivity contribution in [1.82, 2.24) is 10.6 Å². The monoisotopic (exact) mass is 260 g/mol. The lowest BCUT2D eigenvalue weighted by molar-refractivity contribution is 0.597. The molecule has 0 amide bonds. The average molecular weight is 260 g/mol. The smallest absolute Gasteiger partial charge is 0.210 e. The van der Waals surface area contributed by atoms with Crippen LogP contribution < -0.4 is 15.8 Å². The van der Waals surface area contributed by atoms with Gasteiger partial charge in [-0.2, -0.15) is 0 Å². The highest BCUT2D eigenvalue weighted by atomic mass is 32.2. The average Bonchev–Trinajstić information content (AvgIpc) is 2.68. The van der Waals surface area contributed by atoms with Crippen LogP contribution in [0.3, 0.4) is 0 Å². The van der Waals surface area contributed by atoms with Crippen LogP contribution in [0, 0.1) is 0 Å². The first kappa shape index (κ1) is 14.0. The van der Waals surface area contributed by atoms with Gasteiger partial charge in [-0.3, -0.25) is 4.99 Å². The summed E-state index contributed by atoms with van der Waals surface area (Å²) in [6, 6.07) is 0.349. The number of hydrogen-bond donors (Lipinski definition) is 3. The van der Waals surface area contributed by atoms with E-state index in [-0.39, 0.29) is 12.3 Å². The van der Waals surface area contributed by atoms with E-state index in [9.17, 15) is 8.42 Å². The Kier molecular flexibility index (Phi) is 5.43. The second kappa shape index (κ2) is 6.61. The Morgan fingerprint density at radius 1 is 1.47 bits per heavy atom. The molecule has 0 aliphatic heterocycles. The molecule has 0 spiro atoms. The normalized spacial score (nSPS) is 17.4. The molecule has 1 aliphatic carbocycles.